The number of likely N-dealkylation sites (tertiary alicyclic amines) is 1. The van der Waals surface area contributed by atoms with E-state index in [9.17, 15) is 18.4 Å². The van der Waals surface area contributed by atoms with Crippen molar-refractivity contribution in [3.63, 3.8) is 0 Å². The second-order valence-corrected chi connectivity index (χ2v) is 14.5. The van der Waals surface area contributed by atoms with Crippen molar-refractivity contribution in [2.75, 3.05) is 50.3 Å². The minimum absolute atomic E-state index is 0.0519. The predicted octanol–water partition coefficient (Wildman–Crippen LogP) is 6.00. The monoisotopic (exact) mass is 667 g/mol. The molecule has 2 aliphatic rings. The molecule has 0 unspecified atom stereocenters. The summed E-state index contributed by atoms with van der Waals surface area (Å²) in [5.41, 5.74) is 10.2. The minimum atomic E-state index is -4.28. The van der Waals surface area contributed by atoms with Crippen molar-refractivity contribution in [1.82, 2.24) is 29.2 Å². The van der Waals surface area contributed by atoms with E-state index in [0.717, 1.165) is 87.4 Å². The number of fused-ring (bicyclic) bond motifs is 2. The van der Waals surface area contributed by atoms with Crippen LogP contribution in [0.4, 0.5) is 24.9 Å². The topological polar surface area (TPSA) is 102 Å². The number of nitriles is 1. The van der Waals surface area contributed by atoms with Gasteiger partial charge in [0.1, 0.15) is 22.4 Å². The molecule has 6 rings (SSSR count). The van der Waals surface area contributed by atoms with Crippen LogP contribution in [0.2, 0.25) is 0 Å². The number of aryl methyl sites for hydroxylation is 1. The van der Waals surface area contributed by atoms with Crippen LogP contribution in [0, 0.1) is 18.3 Å². The Kier molecular flexibility index (Phi) is 9.67. The van der Waals surface area contributed by atoms with Crippen LogP contribution in [-0.2, 0) is 19.5 Å². The Balaban J connectivity index is 1.09. The van der Waals surface area contributed by atoms with Gasteiger partial charge in [-0.05, 0) is 69.9 Å². The molecule has 47 heavy (non-hydrogen) atoms. The highest BCUT2D eigenvalue weighted by Crippen LogP contribution is 2.34. The molecule has 1 atom stereocenters. The van der Waals surface area contributed by atoms with Gasteiger partial charge in [0.2, 0.25) is 5.95 Å². The second-order valence-electron chi connectivity index (χ2n) is 13.4. The van der Waals surface area contributed by atoms with Gasteiger partial charge >= 0.3 is 6.18 Å². The number of rotatable bonds is 9. The van der Waals surface area contributed by atoms with Crippen molar-refractivity contribution < 1.29 is 13.2 Å². The molecular formula is C34H44F3N9S. The summed E-state index contributed by atoms with van der Waals surface area (Å²) in [7, 11) is 0. The summed E-state index contributed by atoms with van der Waals surface area (Å²) in [6.45, 7) is 16.5. The molecule has 0 amide bonds. The highest BCUT2D eigenvalue weighted by molar-refractivity contribution is 7.18. The van der Waals surface area contributed by atoms with Gasteiger partial charge in [-0.1, -0.05) is 6.07 Å². The van der Waals surface area contributed by atoms with Gasteiger partial charge in [-0.25, -0.2) is 4.98 Å². The first-order chi connectivity index (χ1) is 22.4. The van der Waals surface area contributed by atoms with E-state index in [2.05, 4.69) is 80.4 Å². The number of hydrogen-bond acceptors (Lipinski definition) is 9. The Morgan fingerprint density at radius 1 is 1.02 bits per heavy atom. The van der Waals surface area contributed by atoms with Crippen molar-refractivity contribution in [2.24, 2.45) is 0 Å². The maximum Gasteiger partial charge on any atom is 0.393 e. The molecule has 0 spiro atoms. The number of anilines is 2. The molecule has 252 valence electrons. The van der Waals surface area contributed by atoms with E-state index >= 15 is 0 Å². The molecule has 2 saturated heterocycles. The third kappa shape index (κ3) is 7.51. The lowest BCUT2D eigenvalue weighted by atomic mass is 10.0. The number of nitrogens with one attached hydrogen (secondary N) is 1. The molecule has 3 aromatic heterocycles. The molecular weight excluding hydrogens is 623 g/mol. The van der Waals surface area contributed by atoms with E-state index in [1.54, 1.807) is 0 Å². The molecule has 3 N–H and O–H groups in total. The Hall–Kier alpha value is -3.44. The number of piperidine rings is 1. The third-order valence-corrected chi connectivity index (χ3v) is 10.9. The molecule has 0 aliphatic carbocycles. The van der Waals surface area contributed by atoms with Gasteiger partial charge in [-0.2, -0.15) is 23.4 Å². The lowest BCUT2D eigenvalue weighted by molar-refractivity contribution is -0.126. The SMILES string of the molecule is Cc1c(CN2CCC(Nc3nc(N)nc4sc(CC(F)(F)F)cc34)CC2)ccc2c1cc(C#N)n2C[C@H](C)N1CCN(C(C)C)CC1. The smallest absolute Gasteiger partial charge is 0.368 e. The highest BCUT2D eigenvalue weighted by Gasteiger charge is 2.30. The van der Waals surface area contributed by atoms with E-state index in [4.69, 9.17) is 5.73 Å². The molecule has 1 aromatic carbocycles. The zero-order chi connectivity index (χ0) is 33.5. The summed E-state index contributed by atoms with van der Waals surface area (Å²) in [6.07, 6.45) is -3.54. The van der Waals surface area contributed by atoms with Crippen LogP contribution in [-0.4, -0.2) is 92.8 Å². The van der Waals surface area contributed by atoms with Gasteiger partial charge in [0.05, 0.1) is 11.8 Å². The van der Waals surface area contributed by atoms with Crippen LogP contribution in [0.5, 0.6) is 0 Å². The highest BCUT2D eigenvalue weighted by atomic mass is 32.1. The number of thiophene rings is 1. The number of alkyl halides is 3. The zero-order valence-electron chi connectivity index (χ0n) is 27.6. The van der Waals surface area contributed by atoms with Crippen molar-refractivity contribution >= 4 is 44.2 Å². The fourth-order valence-corrected chi connectivity index (χ4v) is 8.17. The maximum atomic E-state index is 13.0. The summed E-state index contributed by atoms with van der Waals surface area (Å²) in [5, 5.41) is 15.2. The lowest BCUT2D eigenvalue weighted by Gasteiger charge is -2.40. The number of nitrogen functional groups attached to an aromatic ring is 1. The fourth-order valence-electron chi connectivity index (χ4n) is 7.11. The molecule has 5 heterocycles. The molecule has 0 bridgehead atoms. The number of nitrogens with zero attached hydrogens (tertiary/aromatic N) is 7. The first-order valence-corrected chi connectivity index (χ1v) is 17.3. The minimum Gasteiger partial charge on any atom is -0.368 e. The van der Waals surface area contributed by atoms with Crippen LogP contribution in [0.1, 0.15) is 55.3 Å². The van der Waals surface area contributed by atoms with Gasteiger partial charge < -0.3 is 15.6 Å². The maximum absolute atomic E-state index is 13.0. The Bertz CT molecular complexity index is 1760. The van der Waals surface area contributed by atoms with Gasteiger partial charge in [0.15, 0.2) is 0 Å². The molecule has 2 fully saturated rings. The molecule has 0 radical (unpaired) electrons. The molecule has 4 aromatic rings. The van der Waals surface area contributed by atoms with Crippen LogP contribution in [0.25, 0.3) is 21.1 Å². The first-order valence-electron chi connectivity index (χ1n) is 16.5. The molecule has 13 heteroatoms. The van der Waals surface area contributed by atoms with Crippen LogP contribution < -0.4 is 11.1 Å². The number of hydrogen-bond donors (Lipinski definition) is 2. The number of benzene rings is 1. The summed E-state index contributed by atoms with van der Waals surface area (Å²) >= 11 is 1.01. The van der Waals surface area contributed by atoms with Gasteiger partial charge in [-0.15, -0.1) is 11.3 Å². The molecule has 0 saturated carbocycles. The van der Waals surface area contributed by atoms with Crippen molar-refractivity contribution in [3.8, 4) is 6.07 Å². The fraction of sp³-hybridized carbons (Fsp3) is 0.559. The van der Waals surface area contributed by atoms with E-state index in [1.165, 1.54) is 17.2 Å². The number of aromatic nitrogens is 3. The van der Waals surface area contributed by atoms with E-state index in [-0.39, 0.29) is 16.9 Å². The zero-order valence-corrected chi connectivity index (χ0v) is 28.4. The Morgan fingerprint density at radius 2 is 1.72 bits per heavy atom. The number of halogens is 3. The quantitative estimate of drug-likeness (QED) is 0.224. The first kappa shape index (κ1) is 33.5. The van der Waals surface area contributed by atoms with Crippen molar-refractivity contribution in [2.45, 2.75) is 84.3 Å². The second kappa shape index (κ2) is 13.6. The van der Waals surface area contributed by atoms with Crippen molar-refractivity contribution in [1.29, 1.82) is 5.26 Å². The van der Waals surface area contributed by atoms with Gasteiger partial charge in [0, 0.05) is 86.3 Å². The molecule has 9 nitrogen and oxygen atoms in total. The third-order valence-electron chi connectivity index (χ3n) is 9.89. The summed E-state index contributed by atoms with van der Waals surface area (Å²) in [4.78, 5) is 16.7. The average molecular weight is 668 g/mol. The van der Waals surface area contributed by atoms with E-state index in [1.807, 2.05) is 6.07 Å². The normalized spacial score (nSPS) is 18.4. The van der Waals surface area contributed by atoms with Gasteiger partial charge in [0.25, 0.3) is 0 Å². The number of nitrogens with two attached hydrogens (primary N) is 1. The lowest BCUT2D eigenvalue weighted by Crippen LogP contribution is -2.52. The summed E-state index contributed by atoms with van der Waals surface area (Å²) in [6, 6.07) is 11.4. The van der Waals surface area contributed by atoms with Gasteiger partial charge in [-0.3, -0.25) is 14.7 Å². The van der Waals surface area contributed by atoms with Crippen molar-refractivity contribution in [3.05, 3.63) is 46.0 Å². The predicted molar refractivity (Wildman–Crippen MR) is 183 cm³/mol. The van der Waals surface area contributed by atoms with Crippen LogP contribution in [0.15, 0.2) is 24.3 Å². The largest absolute Gasteiger partial charge is 0.393 e. The summed E-state index contributed by atoms with van der Waals surface area (Å²) < 4.78 is 41.2. The van der Waals surface area contributed by atoms with Crippen LogP contribution >= 0.6 is 11.3 Å². The standard InChI is InChI=1S/C34H44F3N9S/c1-21(2)44-11-13-45(14-12-44)22(3)19-46-26(18-38)15-28-23(4)24(5-6-30(28)46)20-43-9-7-25(8-10-43)40-31-29-16-27(17-34(35,36)37)47-32(29)42-33(39)41-31/h5-6,15-16,21-22,25H,7-14,17,19-20H2,1-4H3,(H3,39,40,41,42)/t22-/m0/s1. The number of piperazine rings is 1. The van der Waals surface area contributed by atoms with E-state index in [0.29, 0.717) is 33.8 Å². The molecule has 2 aliphatic heterocycles. The summed E-state index contributed by atoms with van der Waals surface area (Å²) in [5.74, 6) is 0.554. The van der Waals surface area contributed by atoms with Crippen LogP contribution in [0.3, 0.4) is 0 Å². The Labute approximate surface area is 278 Å². The Morgan fingerprint density at radius 3 is 2.38 bits per heavy atom. The van der Waals surface area contributed by atoms with E-state index < -0.39 is 12.6 Å². The average Bonchev–Trinajstić information content (AvgIpc) is 3.59.